The number of rotatable bonds is 4. The SMILES string of the molecule is CCc1cc(C2NNC(C)C2C(=O)O)ccc1OC. The molecule has 1 fully saturated rings. The van der Waals surface area contributed by atoms with E-state index in [1.54, 1.807) is 7.11 Å². The predicted octanol–water partition coefficient (Wildman–Crippen LogP) is 1.50. The molecule has 3 unspecified atom stereocenters. The quantitative estimate of drug-likeness (QED) is 0.768. The van der Waals surface area contributed by atoms with Gasteiger partial charge >= 0.3 is 5.97 Å². The number of carboxylic acids is 1. The fraction of sp³-hybridized carbons (Fsp3) is 0.500. The second kappa shape index (κ2) is 5.59. The highest BCUT2D eigenvalue weighted by Gasteiger charge is 2.39. The predicted molar refractivity (Wildman–Crippen MR) is 72.0 cm³/mol. The first-order valence-corrected chi connectivity index (χ1v) is 6.49. The average Bonchev–Trinajstić information content (AvgIpc) is 2.79. The summed E-state index contributed by atoms with van der Waals surface area (Å²) in [6.45, 7) is 3.93. The fourth-order valence-electron chi connectivity index (χ4n) is 2.60. The first-order chi connectivity index (χ1) is 9.08. The van der Waals surface area contributed by atoms with Crippen molar-refractivity contribution >= 4 is 5.97 Å². The maximum atomic E-state index is 11.4. The number of benzene rings is 1. The molecule has 0 aliphatic carbocycles. The molecule has 0 bridgehead atoms. The third kappa shape index (κ3) is 2.57. The first-order valence-electron chi connectivity index (χ1n) is 6.49. The lowest BCUT2D eigenvalue weighted by atomic mass is 9.89. The molecule has 19 heavy (non-hydrogen) atoms. The van der Waals surface area contributed by atoms with Crippen LogP contribution in [0.15, 0.2) is 18.2 Å². The van der Waals surface area contributed by atoms with Crippen LogP contribution >= 0.6 is 0 Å². The zero-order chi connectivity index (χ0) is 14.0. The number of nitrogens with one attached hydrogen (secondary N) is 2. The van der Waals surface area contributed by atoms with Gasteiger partial charge in [0.05, 0.1) is 19.1 Å². The Labute approximate surface area is 112 Å². The lowest BCUT2D eigenvalue weighted by molar-refractivity contribution is -0.142. The highest BCUT2D eigenvalue weighted by molar-refractivity contribution is 5.72. The van der Waals surface area contributed by atoms with Gasteiger partial charge in [-0.15, -0.1) is 0 Å². The Morgan fingerprint density at radius 3 is 2.74 bits per heavy atom. The van der Waals surface area contributed by atoms with Crippen LogP contribution in [0.3, 0.4) is 0 Å². The molecule has 0 aromatic heterocycles. The largest absolute Gasteiger partial charge is 0.496 e. The minimum Gasteiger partial charge on any atom is -0.496 e. The van der Waals surface area contributed by atoms with Crippen LogP contribution in [-0.4, -0.2) is 24.2 Å². The van der Waals surface area contributed by atoms with Crippen LogP contribution in [0.4, 0.5) is 0 Å². The van der Waals surface area contributed by atoms with Gasteiger partial charge in [-0.05, 0) is 30.5 Å². The Balaban J connectivity index is 2.33. The van der Waals surface area contributed by atoms with Crippen molar-refractivity contribution in [3.05, 3.63) is 29.3 Å². The van der Waals surface area contributed by atoms with Crippen molar-refractivity contribution < 1.29 is 14.6 Å². The molecule has 1 saturated heterocycles. The van der Waals surface area contributed by atoms with E-state index >= 15 is 0 Å². The summed E-state index contributed by atoms with van der Waals surface area (Å²) in [7, 11) is 1.64. The molecular weight excluding hydrogens is 244 g/mol. The van der Waals surface area contributed by atoms with Crippen LogP contribution in [0.25, 0.3) is 0 Å². The molecule has 0 amide bonds. The second-order valence-electron chi connectivity index (χ2n) is 4.84. The third-order valence-corrected chi connectivity index (χ3v) is 3.69. The number of ether oxygens (including phenoxy) is 1. The van der Waals surface area contributed by atoms with Crippen LogP contribution in [0, 0.1) is 5.92 Å². The smallest absolute Gasteiger partial charge is 0.310 e. The van der Waals surface area contributed by atoms with Gasteiger partial charge in [-0.3, -0.25) is 10.2 Å². The zero-order valence-corrected chi connectivity index (χ0v) is 11.4. The van der Waals surface area contributed by atoms with Crippen molar-refractivity contribution in [2.75, 3.05) is 7.11 Å². The van der Waals surface area contributed by atoms with Gasteiger partial charge in [0, 0.05) is 6.04 Å². The first kappa shape index (κ1) is 13.8. The highest BCUT2D eigenvalue weighted by Crippen LogP contribution is 2.31. The van der Waals surface area contributed by atoms with E-state index in [4.69, 9.17) is 4.74 Å². The number of methoxy groups -OCH3 is 1. The van der Waals surface area contributed by atoms with Gasteiger partial charge in [-0.1, -0.05) is 19.1 Å². The van der Waals surface area contributed by atoms with Gasteiger partial charge in [0.25, 0.3) is 0 Å². The monoisotopic (exact) mass is 264 g/mol. The Morgan fingerprint density at radius 1 is 1.42 bits per heavy atom. The molecule has 3 N–H and O–H groups in total. The third-order valence-electron chi connectivity index (χ3n) is 3.69. The normalized spacial score (nSPS) is 26.4. The van der Waals surface area contributed by atoms with Gasteiger partial charge < -0.3 is 9.84 Å². The molecular formula is C14H20N2O3. The molecule has 1 aromatic rings. The van der Waals surface area contributed by atoms with E-state index in [0.29, 0.717) is 0 Å². The molecule has 1 aliphatic rings. The zero-order valence-electron chi connectivity index (χ0n) is 11.4. The van der Waals surface area contributed by atoms with E-state index in [1.807, 2.05) is 25.1 Å². The molecule has 2 rings (SSSR count). The highest BCUT2D eigenvalue weighted by atomic mass is 16.5. The molecule has 1 heterocycles. The summed E-state index contributed by atoms with van der Waals surface area (Å²) in [6.07, 6.45) is 0.852. The Bertz CT molecular complexity index is 476. The Morgan fingerprint density at radius 2 is 2.16 bits per heavy atom. The van der Waals surface area contributed by atoms with Crippen molar-refractivity contribution in [3.8, 4) is 5.75 Å². The van der Waals surface area contributed by atoms with E-state index in [0.717, 1.165) is 23.3 Å². The van der Waals surface area contributed by atoms with Crippen molar-refractivity contribution in [3.63, 3.8) is 0 Å². The average molecular weight is 264 g/mol. The molecule has 5 nitrogen and oxygen atoms in total. The summed E-state index contributed by atoms with van der Waals surface area (Å²) in [5, 5.41) is 9.34. The van der Waals surface area contributed by atoms with Gasteiger partial charge in [0.2, 0.25) is 0 Å². The lowest BCUT2D eigenvalue weighted by Gasteiger charge is -2.18. The van der Waals surface area contributed by atoms with Crippen molar-refractivity contribution in [2.24, 2.45) is 5.92 Å². The van der Waals surface area contributed by atoms with E-state index in [-0.39, 0.29) is 12.1 Å². The van der Waals surface area contributed by atoms with E-state index in [1.165, 1.54) is 0 Å². The Kier molecular flexibility index (Phi) is 4.07. The van der Waals surface area contributed by atoms with Gasteiger partial charge in [-0.25, -0.2) is 5.43 Å². The summed E-state index contributed by atoms with van der Waals surface area (Å²) < 4.78 is 5.30. The number of carbonyl (C=O) groups is 1. The molecule has 0 saturated carbocycles. The maximum absolute atomic E-state index is 11.4. The van der Waals surface area contributed by atoms with Crippen molar-refractivity contribution in [1.29, 1.82) is 0 Å². The number of aliphatic carboxylic acids is 1. The van der Waals surface area contributed by atoms with Crippen LogP contribution in [0.2, 0.25) is 0 Å². The summed E-state index contributed by atoms with van der Waals surface area (Å²) in [6, 6.07) is 5.52. The Hall–Kier alpha value is -1.59. The topological polar surface area (TPSA) is 70.6 Å². The summed E-state index contributed by atoms with van der Waals surface area (Å²) in [5.74, 6) is -0.418. The van der Waals surface area contributed by atoms with Crippen molar-refractivity contribution in [2.45, 2.75) is 32.4 Å². The molecule has 104 valence electrons. The van der Waals surface area contributed by atoms with Gasteiger partial charge in [0.15, 0.2) is 0 Å². The van der Waals surface area contributed by atoms with Crippen LogP contribution in [0.1, 0.15) is 31.0 Å². The van der Waals surface area contributed by atoms with Gasteiger partial charge in [0.1, 0.15) is 5.75 Å². The number of hydrogen-bond donors (Lipinski definition) is 3. The van der Waals surface area contributed by atoms with Crippen molar-refractivity contribution in [1.82, 2.24) is 10.9 Å². The number of carboxylic acid groups (broad SMARTS) is 1. The minimum atomic E-state index is -0.788. The molecule has 3 atom stereocenters. The molecule has 0 radical (unpaired) electrons. The molecule has 5 heteroatoms. The fourth-order valence-corrected chi connectivity index (χ4v) is 2.60. The standard InChI is InChI=1S/C14H20N2O3/c1-4-9-7-10(5-6-11(9)19-3)13-12(14(17)18)8(2)15-16-13/h5-8,12-13,15-16H,4H2,1-3H3,(H,17,18). The molecule has 1 aliphatic heterocycles. The maximum Gasteiger partial charge on any atom is 0.310 e. The second-order valence-corrected chi connectivity index (χ2v) is 4.84. The summed E-state index contributed by atoms with van der Waals surface area (Å²) in [5.41, 5.74) is 8.14. The minimum absolute atomic E-state index is 0.102. The number of hydrogen-bond acceptors (Lipinski definition) is 4. The molecule has 0 spiro atoms. The summed E-state index contributed by atoms with van der Waals surface area (Å²) >= 11 is 0. The van der Waals surface area contributed by atoms with Crippen LogP contribution < -0.4 is 15.6 Å². The van der Waals surface area contributed by atoms with E-state index in [2.05, 4.69) is 17.8 Å². The number of aryl methyl sites for hydroxylation is 1. The lowest BCUT2D eigenvalue weighted by Crippen LogP contribution is -2.30. The van der Waals surface area contributed by atoms with Gasteiger partial charge in [-0.2, -0.15) is 0 Å². The van der Waals surface area contributed by atoms with Crippen LogP contribution in [0.5, 0.6) is 5.75 Å². The number of hydrazine groups is 1. The van der Waals surface area contributed by atoms with Crippen LogP contribution in [-0.2, 0) is 11.2 Å². The summed E-state index contributed by atoms with van der Waals surface area (Å²) in [4.78, 5) is 11.4. The van der Waals surface area contributed by atoms with E-state index in [9.17, 15) is 9.90 Å². The molecule has 1 aromatic carbocycles. The van der Waals surface area contributed by atoms with E-state index < -0.39 is 11.9 Å².